The number of allylic oxidation sites excluding steroid dienone is 1. The van der Waals surface area contributed by atoms with Crippen molar-refractivity contribution in [2.45, 2.75) is 26.8 Å². The lowest BCUT2D eigenvalue weighted by Gasteiger charge is -2.19. The average molecular weight is 163 g/mol. The molecule has 3 nitrogen and oxygen atoms in total. The summed E-state index contributed by atoms with van der Waals surface area (Å²) in [6.45, 7) is 6.29. The minimum atomic E-state index is 0.402. The largest absolute Gasteiger partial charge is 0.266 e. The summed E-state index contributed by atoms with van der Waals surface area (Å²) < 4.78 is 0. The fourth-order valence-electron chi connectivity index (χ4n) is 1.41. The predicted octanol–water partition coefficient (Wildman–Crippen LogP) is 1.41. The lowest BCUT2D eigenvalue weighted by molar-refractivity contribution is 0.346. The predicted molar refractivity (Wildman–Crippen MR) is 49.4 cm³/mol. The molecule has 2 aliphatic rings. The van der Waals surface area contributed by atoms with Crippen LogP contribution >= 0.6 is 0 Å². The van der Waals surface area contributed by atoms with Gasteiger partial charge < -0.3 is 0 Å². The van der Waals surface area contributed by atoms with Gasteiger partial charge in [-0.2, -0.15) is 0 Å². The Bertz CT molecular complexity index is 299. The first-order chi connectivity index (χ1) is 5.68. The van der Waals surface area contributed by atoms with E-state index in [-0.39, 0.29) is 0 Å². The number of hydrogen-bond donors (Lipinski definition) is 1. The molecule has 2 rings (SSSR count). The van der Waals surface area contributed by atoms with Crippen molar-refractivity contribution < 1.29 is 0 Å². The number of rotatable bonds is 0. The van der Waals surface area contributed by atoms with E-state index in [0.29, 0.717) is 6.04 Å². The lowest BCUT2D eigenvalue weighted by Crippen LogP contribution is -2.32. The average Bonchev–Trinajstić information content (AvgIpc) is 2.28. The summed E-state index contributed by atoms with van der Waals surface area (Å²) >= 11 is 0. The molecule has 1 unspecified atom stereocenters. The number of aliphatic imine (C=N–C) groups is 1. The quantitative estimate of drug-likeness (QED) is 0.584. The van der Waals surface area contributed by atoms with E-state index in [4.69, 9.17) is 0 Å². The number of nitrogens with zero attached hydrogens (tertiary/aromatic N) is 2. The van der Waals surface area contributed by atoms with E-state index in [2.05, 4.69) is 30.5 Å². The van der Waals surface area contributed by atoms with Gasteiger partial charge in [0, 0.05) is 18.5 Å². The van der Waals surface area contributed by atoms with E-state index >= 15 is 0 Å². The maximum absolute atomic E-state index is 4.35. The topological polar surface area (TPSA) is 27.6 Å². The van der Waals surface area contributed by atoms with Crippen LogP contribution in [-0.4, -0.2) is 17.3 Å². The minimum absolute atomic E-state index is 0.402. The zero-order chi connectivity index (χ0) is 8.72. The fourth-order valence-corrected chi connectivity index (χ4v) is 1.41. The van der Waals surface area contributed by atoms with Gasteiger partial charge in [-0.05, 0) is 31.9 Å². The molecule has 0 aromatic rings. The van der Waals surface area contributed by atoms with Crippen molar-refractivity contribution in [2.24, 2.45) is 4.99 Å². The molecule has 0 spiro atoms. The lowest BCUT2D eigenvalue weighted by atomic mass is 10.2. The van der Waals surface area contributed by atoms with Gasteiger partial charge in [0.25, 0.3) is 0 Å². The SMILES string of the molecule is CC1=CN2NC(C)C(C)=C2N=C1. The van der Waals surface area contributed by atoms with Crippen molar-refractivity contribution in [1.82, 2.24) is 10.4 Å². The molecule has 0 saturated carbocycles. The van der Waals surface area contributed by atoms with Gasteiger partial charge >= 0.3 is 0 Å². The molecule has 64 valence electrons. The molecule has 0 aliphatic carbocycles. The Hall–Kier alpha value is -1.09. The number of fused-ring (bicyclic) bond motifs is 1. The molecule has 3 heteroatoms. The first-order valence-corrected chi connectivity index (χ1v) is 4.17. The van der Waals surface area contributed by atoms with Crippen molar-refractivity contribution in [3.05, 3.63) is 23.2 Å². The zero-order valence-corrected chi connectivity index (χ0v) is 7.63. The van der Waals surface area contributed by atoms with Crippen LogP contribution in [0.1, 0.15) is 20.8 Å². The second-order valence-electron chi connectivity index (χ2n) is 3.36. The molecular weight excluding hydrogens is 150 g/mol. The van der Waals surface area contributed by atoms with Crippen LogP contribution in [0.4, 0.5) is 0 Å². The van der Waals surface area contributed by atoms with Gasteiger partial charge in [0.05, 0.1) is 0 Å². The molecule has 12 heavy (non-hydrogen) atoms. The van der Waals surface area contributed by atoms with Gasteiger partial charge in [-0.25, -0.2) is 10.4 Å². The van der Waals surface area contributed by atoms with E-state index in [1.807, 2.05) is 18.1 Å². The van der Waals surface area contributed by atoms with Crippen LogP contribution in [0, 0.1) is 0 Å². The first kappa shape index (κ1) is 7.55. The molecule has 0 fully saturated rings. The molecule has 0 saturated heterocycles. The molecule has 1 N–H and O–H groups in total. The Morgan fingerprint density at radius 3 is 3.00 bits per heavy atom. The van der Waals surface area contributed by atoms with Gasteiger partial charge in [0.15, 0.2) is 0 Å². The summed E-state index contributed by atoms with van der Waals surface area (Å²) in [5, 5.41) is 2.00. The zero-order valence-electron chi connectivity index (χ0n) is 7.63. The van der Waals surface area contributed by atoms with Crippen LogP contribution in [0.3, 0.4) is 0 Å². The van der Waals surface area contributed by atoms with Crippen LogP contribution in [0.5, 0.6) is 0 Å². The minimum Gasteiger partial charge on any atom is -0.266 e. The summed E-state index contributed by atoms with van der Waals surface area (Å²) in [5.41, 5.74) is 5.78. The summed E-state index contributed by atoms with van der Waals surface area (Å²) in [5.74, 6) is 1.05. The van der Waals surface area contributed by atoms with Crippen molar-refractivity contribution in [3.63, 3.8) is 0 Å². The van der Waals surface area contributed by atoms with E-state index < -0.39 is 0 Å². The Labute approximate surface area is 72.4 Å². The molecule has 0 amide bonds. The van der Waals surface area contributed by atoms with E-state index in [0.717, 1.165) is 5.82 Å². The number of hydrogen-bond acceptors (Lipinski definition) is 3. The van der Waals surface area contributed by atoms with Crippen molar-refractivity contribution in [2.75, 3.05) is 0 Å². The highest BCUT2D eigenvalue weighted by Gasteiger charge is 2.24. The summed E-state index contributed by atoms with van der Waals surface area (Å²) in [6.07, 6.45) is 3.96. The van der Waals surface area contributed by atoms with Gasteiger partial charge in [-0.1, -0.05) is 0 Å². The third kappa shape index (κ3) is 0.975. The van der Waals surface area contributed by atoms with Crippen LogP contribution in [0.25, 0.3) is 0 Å². The maximum Gasteiger partial charge on any atom is 0.147 e. The Morgan fingerprint density at radius 1 is 1.50 bits per heavy atom. The van der Waals surface area contributed by atoms with E-state index in [1.165, 1.54) is 11.1 Å². The highest BCUT2D eigenvalue weighted by molar-refractivity contribution is 5.79. The van der Waals surface area contributed by atoms with Gasteiger partial charge in [-0.3, -0.25) is 5.01 Å². The first-order valence-electron chi connectivity index (χ1n) is 4.17. The van der Waals surface area contributed by atoms with E-state index in [1.54, 1.807) is 0 Å². The summed E-state index contributed by atoms with van der Waals surface area (Å²) in [4.78, 5) is 4.35. The van der Waals surface area contributed by atoms with Gasteiger partial charge in [-0.15, -0.1) is 0 Å². The molecule has 0 aromatic carbocycles. The molecular formula is C9H13N3. The van der Waals surface area contributed by atoms with Crippen LogP contribution < -0.4 is 5.43 Å². The van der Waals surface area contributed by atoms with Gasteiger partial charge in [0.1, 0.15) is 5.82 Å². The highest BCUT2D eigenvalue weighted by atomic mass is 15.6. The molecule has 0 radical (unpaired) electrons. The molecule has 1 atom stereocenters. The fraction of sp³-hybridized carbons (Fsp3) is 0.444. The van der Waals surface area contributed by atoms with Crippen molar-refractivity contribution in [1.29, 1.82) is 0 Å². The van der Waals surface area contributed by atoms with Crippen molar-refractivity contribution in [3.8, 4) is 0 Å². The van der Waals surface area contributed by atoms with Crippen LogP contribution in [0.2, 0.25) is 0 Å². The Morgan fingerprint density at radius 2 is 2.25 bits per heavy atom. The maximum atomic E-state index is 4.35. The van der Waals surface area contributed by atoms with Crippen LogP contribution in [0.15, 0.2) is 28.2 Å². The molecule has 0 aromatic heterocycles. The van der Waals surface area contributed by atoms with Crippen LogP contribution in [-0.2, 0) is 0 Å². The summed E-state index contributed by atoms with van der Waals surface area (Å²) in [7, 11) is 0. The normalized spacial score (nSPS) is 27.8. The third-order valence-electron chi connectivity index (χ3n) is 2.29. The third-order valence-corrected chi connectivity index (χ3v) is 2.29. The smallest absolute Gasteiger partial charge is 0.147 e. The standard InChI is InChI=1S/C9H13N3/c1-6-4-10-9-7(2)8(3)11-12(9)5-6/h4-5,8,11H,1-3H3. The monoisotopic (exact) mass is 163 g/mol. The van der Waals surface area contributed by atoms with Crippen molar-refractivity contribution >= 4 is 6.21 Å². The Kier molecular flexibility index (Phi) is 1.54. The molecule has 2 aliphatic heterocycles. The summed E-state index contributed by atoms with van der Waals surface area (Å²) in [6, 6.07) is 0.402. The molecule has 2 heterocycles. The number of hydrazine groups is 1. The second kappa shape index (κ2) is 2.45. The van der Waals surface area contributed by atoms with E-state index in [9.17, 15) is 0 Å². The van der Waals surface area contributed by atoms with Gasteiger partial charge in [0.2, 0.25) is 0 Å². The highest BCUT2D eigenvalue weighted by Crippen LogP contribution is 2.24. The Balaban J connectivity index is 2.38. The molecule has 0 bridgehead atoms. The number of nitrogens with one attached hydrogen (secondary N) is 1. The second-order valence-corrected chi connectivity index (χ2v) is 3.36.